The van der Waals surface area contributed by atoms with E-state index in [2.05, 4.69) is 10.5 Å². The molecule has 1 atom stereocenters. The first kappa shape index (κ1) is 11.8. The zero-order valence-corrected chi connectivity index (χ0v) is 8.61. The lowest BCUT2D eigenvalue weighted by molar-refractivity contribution is -0.120. The van der Waals surface area contributed by atoms with Gasteiger partial charge in [-0.15, -0.1) is 0 Å². The minimum atomic E-state index is -0.233. The van der Waals surface area contributed by atoms with Crippen LogP contribution in [0.5, 0.6) is 0 Å². The minimum absolute atomic E-state index is 0.0674. The predicted octanol–water partition coefficient (Wildman–Crippen LogP) is -0.192. The Bertz CT molecular complexity index is 237. The van der Waals surface area contributed by atoms with E-state index in [-0.39, 0.29) is 24.3 Å². The average Bonchev–Trinajstić information content (AvgIpc) is 2.70. The molecule has 4 N–H and O–H groups in total. The number of rotatable bonds is 5. The van der Waals surface area contributed by atoms with Gasteiger partial charge in [-0.1, -0.05) is 5.16 Å². The van der Waals surface area contributed by atoms with E-state index in [1.54, 1.807) is 0 Å². The van der Waals surface area contributed by atoms with Gasteiger partial charge in [0.25, 0.3) is 0 Å². The highest BCUT2D eigenvalue weighted by Gasteiger charge is 2.15. The van der Waals surface area contributed by atoms with Crippen LogP contribution in [-0.4, -0.2) is 36.2 Å². The van der Waals surface area contributed by atoms with E-state index in [1.165, 1.54) is 0 Å². The number of amides is 1. The molecule has 0 aromatic carbocycles. The number of carbonyl (C=O) groups is 1. The second-order valence-electron chi connectivity index (χ2n) is 3.54. The molecule has 0 aromatic heterocycles. The van der Waals surface area contributed by atoms with Crippen molar-refractivity contribution in [2.24, 2.45) is 10.9 Å². The smallest absolute Gasteiger partial charge is 0.227 e. The number of nitrogens with one attached hydrogen (secondary N) is 1. The van der Waals surface area contributed by atoms with Crippen molar-refractivity contribution in [3.8, 4) is 0 Å². The van der Waals surface area contributed by atoms with Crippen LogP contribution in [0.4, 0.5) is 0 Å². The third-order valence-corrected chi connectivity index (χ3v) is 2.28. The van der Waals surface area contributed by atoms with Crippen LogP contribution in [0.3, 0.4) is 0 Å². The van der Waals surface area contributed by atoms with Gasteiger partial charge >= 0.3 is 0 Å². The summed E-state index contributed by atoms with van der Waals surface area (Å²) in [5, 5.41) is 13.7. The van der Waals surface area contributed by atoms with E-state index in [0.29, 0.717) is 6.54 Å². The van der Waals surface area contributed by atoms with E-state index in [9.17, 15) is 4.79 Å². The van der Waals surface area contributed by atoms with Crippen LogP contribution in [-0.2, 0) is 9.53 Å². The maximum Gasteiger partial charge on any atom is 0.227 e. The highest BCUT2D eigenvalue weighted by Crippen LogP contribution is 2.14. The predicted molar refractivity (Wildman–Crippen MR) is 54.6 cm³/mol. The third kappa shape index (κ3) is 4.64. The Hall–Kier alpha value is -1.30. The summed E-state index contributed by atoms with van der Waals surface area (Å²) in [7, 11) is 0. The van der Waals surface area contributed by atoms with Gasteiger partial charge in [-0.2, -0.15) is 0 Å². The van der Waals surface area contributed by atoms with Crippen LogP contribution in [0.25, 0.3) is 0 Å². The van der Waals surface area contributed by atoms with E-state index < -0.39 is 0 Å². The second-order valence-corrected chi connectivity index (χ2v) is 3.54. The van der Waals surface area contributed by atoms with Gasteiger partial charge in [-0.25, -0.2) is 0 Å². The molecular formula is C9H17N3O3. The highest BCUT2D eigenvalue weighted by molar-refractivity contribution is 5.98. The molecule has 1 unspecified atom stereocenters. The van der Waals surface area contributed by atoms with Crippen LogP contribution < -0.4 is 11.1 Å². The zero-order chi connectivity index (χ0) is 11.1. The van der Waals surface area contributed by atoms with E-state index in [0.717, 1.165) is 25.9 Å². The van der Waals surface area contributed by atoms with Crippen molar-refractivity contribution >= 4 is 11.7 Å². The van der Waals surface area contributed by atoms with E-state index in [4.69, 9.17) is 15.7 Å². The van der Waals surface area contributed by atoms with Crippen molar-refractivity contribution in [2.45, 2.75) is 31.8 Å². The van der Waals surface area contributed by atoms with Crippen molar-refractivity contribution in [1.29, 1.82) is 0 Å². The SMILES string of the molecule is NC(CC(=O)NCCC1CCCO1)=NO. The number of nitrogens with zero attached hydrogens (tertiary/aromatic N) is 1. The van der Waals surface area contributed by atoms with E-state index >= 15 is 0 Å². The first-order valence-corrected chi connectivity index (χ1v) is 5.07. The van der Waals surface area contributed by atoms with Crippen LogP contribution >= 0.6 is 0 Å². The topological polar surface area (TPSA) is 96.9 Å². The molecule has 86 valence electrons. The summed E-state index contributed by atoms with van der Waals surface area (Å²) >= 11 is 0. The highest BCUT2D eigenvalue weighted by atomic mass is 16.5. The Morgan fingerprint density at radius 1 is 1.67 bits per heavy atom. The van der Waals surface area contributed by atoms with Crippen LogP contribution in [0.15, 0.2) is 5.16 Å². The van der Waals surface area contributed by atoms with Crippen molar-refractivity contribution in [3.05, 3.63) is 0 Å². The zero-order valence-electron chi connectivity index (χ0n) is 8.61. The lowest BCUT2D eigenvalue weighted by Crippen LogP contribution is -2.30. The first-order valence-electron chi connectivity index (χ1n) is 5.07. The molecule has 6 heteroatoms. The van der Waals surface area contributed by atoms with Gasteiger partial charge in [0, 0.05) is 13.2 Å². The molecule has 0 spiro atoms. The fourth-order valence-electron chi connectivity index (χ4n) is 1.51. The maximum atomic E-state index is 11.2. The molecule has 0 saturated carbocycles. The summed E-state index contributed by atoms with van der Waals surface area (Å²) in [4.78, 5) is 11.2. The van der Waals surface area contributed by atoms with Crippen molar-refractivity contribution in [1.82, 2.24) is 5.32 Å². The third-order valence-electron chi connectivity index (χ3n) is 2.28. The summed E-state index contributed by atoms with van der Waals surface area (Å²) in [5.74, 6) is -0.312. The number of oxime groups is 1. The Morgan fingerprint density at radius 3 is 3.07 bits per heavy atom. The molecule has 0 bridgehead atoms. The van der Waals surface area contributed by atoms with Crippen molar-refractivity contribution in [3.63, 3.8) is 0 Å². The van der Waals surface area contributed by atoms with Gasteiger partial charge < -0.3 is 21.0 Å². The van der Waals surface area contributed by atoms with Crippen molar-refractivity contribution in [2.75, 3.05) is 13.2 Å². The molecule has 0 radical (unpaired) electrons. The first-order chi connectivity index (χ1) is 7.22. The summed E-state index contributed by atoms with van der Waals surface area (Å²) in [6.45, 7) is 1.39. The Labute approximate surface area is 88.5 Å². The number of ether oxygens (including phenoxy) is 1. The maximum absolute atomic E-state index is 11.2. The van der Waals surface area contributed by atoms with Crippen LogP contribution in [0.2, 0.25) is 0 Å². The number of amidine groups is 1. The van der Waals surface area contributed by atoms with Gasteiger partial charge in [0.15, 0.2) is 0 Å². The Balaban J connectivity index is 2.06. The number of hydrogen-bond acceptors (Lipinski definition) is 4. The largest absolute Gasteiger partial charge is 0.409 e. The normalized spacial score (nSPS) is 21.6. The molecule has 1 fully saturated rings. The standard InChI is InChI=1S/C9H17N3O3/c10-8(12-14)6-9(13)11-4-3-7-2-1-5-15-7/h7,14H,1-6H2,(H2,10,12)(H,11,13). The lowest BCUT2D eigenvalue weighted by Gasteiger charge is -2.09. The number of hydrogen-bond donors (Lipinski definition) is 3. The molecule has 15 heavy (non-hydrogen) atoms. The monoisotopic (exact) mass is 215 g/mol. The molecule has 1 amide bonds. The lowest BCUT2D eigenvalue weighted by atomic mass is 10.2. The molecular weight excluding hydrogens is 198 g/mol. The molecule has 1 rings (SSSR count). The van der Waals surface area contributed by atoms with E-state index in [1.807, 2.05) is 0 Å². The minimum Gasteiger partial charge on any atom is -0.409 e. The Kier molecular flexibility index (Phi) is 4.89. The molecule has 1 saturated heterocycles. The molecule has 1 aliphatic heterocycles. The molecule has 1 heterocycles. The summed E-state index contributed by atoms with van der Waals surface area (Å²) < 4.78 is 5.40. The molecule has 0 aliphatic carbocycles. The fraction of sp³-hybridized carbons (Fsp3) is 0.778. The average molecular weight is 215 g/mol. The fourth-order valence-corrected chi connectivity index (χ4v) is 1.51. The second kappa shape index (κ2) is 6.23. The molecule has 0 aromatic rings. The van der Waals surface area contributed by atoms with Gasteiger partial charge in [0.1, 0.15) is 5.84 Å². The summed E-state index contributed by atoms with van der Waals surface area (Å²) in [6, 6.07) is 0. The summed E-state index contributed by atoms with van der Waals surface area (Å²) in [5.41, 5.74) is 5.18. The van der Waals surface area contributed by atoms with Gasteiger partial charge in [-0.05, 0) is 19.3 Å². The van der Waals surface area contributed by atoms with Gasteiger partial charge in [0.05, 0.1) is 12.5 Å². The van der Waals surface area contributed by atoms with Crippen molar-refractivity contribution < 1.29 is 14.7 Å². The van der Waals surface area contributed by atoms with Crippen LogP contribution in [0, 0.1) is 0 Å². The Morgan fingerprint density at radius 2 is 2.47 bits per heavy atom. The molecule has 6 nitrogen and oxygen atoms in total. The number of carbonyl (C=O) groups excluding carboxylic acids is 1. The number of nitrogens with two attached hydrogens (primary N) is 1. The quantitative estimate of drug-likeness (QED) is 0.256. The van der Waals surface area contributed by atoms with Gasteiger partial charge in [-0.3, -0.25) is 4.79 Å². The summed E-state index contributed by atoms with van der Waals surface area (Å²) in [6.07, 6.45) is 3.19. The van der Waals surface area contributed by atoms with Crippen LogP contribution in [0.1, 0.15) is 25.7 Å². The molecule has 1 aliphatic rings. The van der Waals surface area contributed by atoms with Gasteiger partial charge in [0.2, 0.25) is 5.91 Å².